The average molecular weight is 466 g/mol. The number of nitrogens with zero attached hydrogens (tertiary/aromatic N) is 5. The minimum absolute atomic E-state index is 0.0586. The first kappa shape index (κ1) is 21.9. The van der Waals surface area contributed by atoms with E-state index in [0.29, 0.717) is 22.4 Å². The summed E-state index contributed by atoms with van der Waals surface area (Å²) in [6, 6.07) is 15.1. The van der Waals surface area contributed by atoms with Gasteiger partial charge in [-0.25, -0.2) is 4.98 Å². The van der Waals surface area contributed by atoms with Crippen molar-refractivity contribution >= 4 is 23.3 Å². The number of aromatic nitrogens is 2. The molecule has 0 aliphatic carbocycles. The van der Waals surface area contributed by atoms with Crippen molar-refractivity contribution in [3.8, 4) is 11.3 Å². The van der Waals surface area contributed by atoms with Crippen molar-refractivity contribution in [1.82, 2.24) is 19.9 Å². The first-order valence-electron chi connectivity index (χ1n) is 11.6. The molecule has 3 aromatic rings. The molecule has 1 amide bonds. The van der Waals surface area contributed by atoms with Gasteiger partial charge in [-0.3, -0.25) is 9.69 Å². The third-order valence-corrected chi connectivity index (χ3v) is 6.74. The summed E-state index contributed by atoms with van der Waals surface area (Å²) in [4.78, 5) is 24.4. The van der Waals surface area contributed by atoms with Crippen LogP contribution in [0.3, 0.4) is 0 Å². The quantitative estimate of drug-likeness (QED) is 0.566. The molecule has 5 rings (SSSR count). The number of hydrogen-bond donors (Lipinski definition) is 0. The zero-order chi connectivity index (χ0) is 22.6. The summed E-state index contributed by atoms with van der Waals surface area (Å²) in [7, 11) is 0. The fourth-order valence-electron chi connectivity index (χ4n) is 4.78. The molecule has 2 aromatic heterocycles. The van der Waals surface area contributed by atoms with Crippen molar-refractivity contribution in [1.29, 1.82) is 0 Å². The Morgan fingerprint density at radius 2 is 1.94 bits per heavy atom. The molecule has 0 spiro atoms. The number of benzene rings is 1. The lowest BCUT2D eigenvalue weighted by Crippen LogP contribution is -2.50. The highest BCUT2D eigenvalue weighted by Crippen LogP contribution is 2.25. The molecular formula is C25H28ClN5O2. The van der Waals surface area contributed by atoms with Crippen LogP contribution in [0.2, 0.25) is 5.02 Å². The Labute approximate surface area is 198 Å². The minimum atomic E-state index is -0.0586. The maximum absolute atomic E-state index is 13.1. The molecule has 0 bridgehead atoms. The summed E-state index contributed by atoms with van der Waals surface area (Å²) in [5.41, 5.74) is 1.17. The summed E-state index contributed by atoms with van der Waals surface area (Å²) < 4.78 is 5.44. The number of carbonyl (C=O) groups is 1. The van der Waals surface area contributed by atoms with E-state index in [1.165, 1.54) is 0 Å². The van der Waals surface area contributed by atoms with E-state index in [1.807, 2.05) is 35.4 Å². The normalized spacial score (nSPS) is 19.6. The minimum Gasteiger partial charge on any atom is -0.355 e. The largest absolute Gasteiger partial charge is 0.355 e. The van der Waals surface area contributed by atoms with Crippen LogP contribution in [-0.4, -0.2) is 71.7 Å². The number of amides is 1. The lowest BCUT2D eigenvalue weighted by atomic mass is 9.96. The van der Waals surface area contributed by atoms with Gasteiger partial charge >= 0.3 is 0 Å². The van der Waals surface area contributed by atoms with Gasteiger partial charge in [0.1, 0.15) is 5.82 Å². The monoisotopic (exact) mass is 465 g/mol. The van der Waals surface area contributed by atoms with Crippen LogP contribution in [0.4, 0.5) is 5.82 Å². The lowest BCUT2D eigenvalue weighted by Gasteiger charge is -2.39. The number of hydrogen-bond acceptors (Lipinski definition) is 6. The lowest BCUT2D eigenvalue weighted by molar-refractivity contribution is 0.0627. The van der Waals surface area contributed by atoms with Gasteiger partial charge in [0.15, 0.2) is 11.5 Å². The number of halogens is 1. The van der Waals surface area contributed by atoms with Crippen molar-refractivity contribution in [2.45, 2.75) is 12.8 Å². The summed E-state index contributed by atoms with van der Waals surface area (Å²) in [6.07, 6.45) is 4.02. The van der Waals surface area contributed by atoms with Gasteiger partial charge in [0.25, 0.3) is 5.91 Å². The standard InChI is InChI=1S/C25H28ClN5O2/c26-21-7-3-6-20(15-21)23-16-22(28-33-23)25(32)31-10-4-5-19(18-31)17-29-11-13-30(14-12-29)24-8-1-2-9-27-24/h1-3,6-9,15-16,19H,4-5,10-14,17-18H2. The van der Waals surface area contributed by atoms with E-state index >= 15 is 0 Å². The number of pyridine rings is 1. The van der Waals surface area contributed by atoms with Crippen LogP contribution in [-0.2, 0) is 0 Å². The molecule has 7 nitrogen and oxygen atoms in total. The molecule has 2 fully saturated rings. The molecule has 0 N–H and O–H groups in total. The van der Waals surface area contributed by atoms with Crippen LogP contribution in [0.25, 0.3) is 11.3 Å². The molecule has 1 atom stereocenters. The van der Waals surface area contributed by atoms with Crippen molar-refractivity contribution < 1.29 is 9.32 Å². The average Bonchev–Trinajstić information content (AvgIpc) is 3.35. The number of rotatable bonds is 5. The van der Waals surface area contributed by atoms with Crippen molar-refractivity contribution in [2.75, 3.05) is 50.7 Å². The molecule has 0 radical (unpaired) electrons. The molecule has 0 saturated carbocycles. The van der Waals surface area contributed by atoms with Crippen LogP contribution >= 0.6 is 11.6 Å². The Balaban J connectivity index is 1.15. The van der Waals surface area contributed by atoms with E-state index in [2.05, 4.69) is 26.0 Å². The first-order valence-corrected chi connectivity index (χ1v) is 11.9. The Morgan fingerprint density at radius 3 is 2.73 bits per heavy atom. The van der Waals surface area contributed by atoms with Crippen LogP contribution in [0.5, 0.6) is 0 Å². The second-order valence-corrected chi connectivity index (χ2v) is 9.26. The highest BCUT2D eigenvalue weighted by atomic mass is 35.5. The van der Waals surface area contributed by atoms with Gasteiger partial charge in [-0.2, -0.15) is 0 Å². The van der Waals surface area contributed by atoms with Gasteiger partial charge in [-0.1, -0.05) is 35.0 Å². The van der Waals surface area contributed by atoms with Gasteiger partial charge in [0.2, 0.25) is 0 Å². The van der Waals surface area contributed by atoms with E-state index in [-0.39, 0.29) is 5.91 Å². The molecular weight excluding hydrogens is 438 g/mol. The Bertz CT molecular complexity index is 1080. The number of piperazine rings is 1. The van der Waals surface area contributed by atoms with Crippen LogP contribution < -0.4 is 4.90 Å². The number of piperidine rings is 1. The van der Waals surface area contributed by atoms with Gasteiger partial charge in [0.05, 0.1) is 0 Å². The van der Waals surface area contributed by atoms with Crippen LogP contribution in [0.15, 0.2) is 59.3 Å². The maximum Gasteiger partial charge on any atom is 0.276 e. The number of carbonyl (C=O) groups excluding carboxylic acids is 1. The smallest absolute Gasteiger partial charge is 0.276 e. The summed E-state index contributed by atoms with van der Waals surface area (Å²) in [6.45, 7) is 6.56. The first-order chi connectivity index (χ1) is 16.2. The van der Waals surface area contributed by atoms with Gasteiger partial charge in [-0.05, 0) is 43.0 Å². The maximum atomic E-state index is 13.1. The van der Waals surface area contributed by atoms with Crippen molar-refractivity contribution in [3.05, 3.63) is 65.4 Å². The van der Waals surface area contributed by atoms with E-state index in [4.69, 9.17) is 16.1 Å². The highest BCUT2D eigenvalue weighted by Gasteiger charge is 2.29. The second-order valence-electron chi connectivity index (χ2n) is 8.82. The van der Waals surface area contributed by atoms with E-state index in [9.17, 15) is 4.79 Å². The molecule has 1 aromatic carbocycles. The fourth-order valence-corrected chi connectivity index (χ4v) is 4.97. The molecule has 1 unspecified atom stereocenters. The predicted octanol–water partition coefficient (Wildman–Crippen LogP) is 4.06. The number of anilines is 1. The van der Waals surface area contributed by atoms with Crippen molar-refractivity contribution in [2.24, 2.45) is 5.92 Å². The van der Waals surface area contributed by atoms with E-state index in [0.717, 1.165) is 70.0 Å². The molecule has 2 saturated heterocycles. The Morgan fingerprint density at radius 1 is 1.06 bits per heavy atom. The SMILES string of the molecule is O=C(c1cc(-c2cccc(Cl)c2)on1)N1CCCC(CN2CCN(c3ccccn3)CC2)C1. The zero-order valence-electron chi connectivity index (χ0n) is 18.6. The predicted molar refractivity (Wildman–Crippen MR) is 128 cm³/mol. The molecule has 172 valence electrons. The van der Waals surface area contributed by atoms with Gasteiger partial charge in [-0.15, -0.1) is 0 Å². The van der Waals surface area contributed by atoms with E-state index < -0.39 is 0 Å². The number of likely N-dealkylation sites (tertiary alicyclic amines) is 1. The Kier molecular flexibility index (Phi) is 6.60. The summed E-state index contributed by atoms with van der Waals surface area (Å²) >= 11 is 6.07. The molecule has 8 heteroatoms. The third kappa shape index (κ3) is 5.20. The summed E-state index contributed by atoms with van der Waals surface area (Å²) in [5, 5.41) is 4.67. The zero-order valence-corrected chi connectivity index (χ0v) is 19.3. The molecule has 33 heavy (non-hydrogen) atoms. The van der Waals surface area contributed by atoms with Gasteiger partial charge < -0.3 is 14.3 Å². The van der Waals surface area contributed by atoms with Crippen LogP contribution in [0, 0.1) is 5.92 Å². The second kappa shape index (κ2) is 9.93. The van der Waals surface area contributed by atoms with E-state index in [1.54, 1.807) is 18.2 Å². The topological polar surface area (TPSA) is 65.7 Å². The fraction of sp³-hybridized carbons (Fsp3) is 0.400. The molecule has 2 aliphatic rings. The third-order valence-electron chi connectivity index (χ3n) is 6.51. The summed E-state index contributed by atoms with van der Waals surface area (Å²) in [5.74, 6) is 2.02. The molecule has 2 aliphatic heterocycles. The Hall–Kier alpha value is -2.90. The highest BCUT2D eigenvalue weighted by molar-refractivity contribution is 6.30. The van der Waals surface area contributed by atoms with Gasteiger partial charge in [0, 0.05) is 68.7 Å². The van der Waals surface area contributed by atoms with Crippen molar-refractivity contribution in [3.63, 3.8) is 0 Å². The van der Waals surface area contributed by atoms with Crippen LogP contribution in [0.1, 0.15) is 23.3 Å². The molecule has 4 heterocycles.